The summed E-state index contributed by atoms with van der Waals surface area (Å²) in [6, 6.07) is 18.9. The van der Waals surface area contributed by atoms with Crippen molar-refractivity contribution in [2.24, 2.45) is 0 Å². The molecule has 23 heavy (non-hydrogen) atoms. The van der Waals surface area contributed by atoms with E-state index in [0.717, 1.165) is 11.1 Å². The Kier molecular flexibility index (Phi) is 5.61. The number of benzene rings is 2. The first-order valence-electron chi connectivity index (χ1n) is 7.31. The van der Waals surface area contributed by atoms with Gasteiger partial charge in [-0.25, -0.2) is 12.7 Å². The zero-order valence-electron chi connectivity index (χ0n) is 13.1. The Balaban J connectivity index is 2.36. The van der Waals surface area contributed by atoms with Gasteiger partial charge in [-0.1, -0.05) is 42.0 Å². The quantitative estimate of drug-likeness (QED) is 0.479. The van der Waals surface area contributed by atoms with Crippen LogP contribution in [0.15, 0.2) is 72.1 Å². The van der Waals surface area contributed by atoms with E-state index in [1.165, 1.54) is 4.31 Å². The molecule has 4 heteroatoms. The van der Waals surface area contributed by atoms with Crippen LogP contribution in [0.2, 0.25) is 0 Å². The molecule has 0 aliphatic rings. The van der Waals surface area contributed by atoms with Crippen LogP contribution in [0.5, 0.6) is 0 Å². The van der Waals surface area contributed by atoms with Gasteiger partial charge in [0.2, 0.25) is 0 Å². The third-order valence-electron chi connectivity index (χ3n) is 3.24. The standard InChI is InChI=1S/C19H19NO2S/c1-3-4-15-20(16-14-18-8-6-5-7-9-18)23(21,22)19-12-10-17(2)11-13-19/h3,5-13H,1,4,15H2,2H3. The second-order valence-corrected chi connectivity index (χ2v) is 6.93. The molecule has 2 aromatic rings. The van der Waals surface area contributed by atoms with Gasteiger partial charge in [0.05, 0.1) is 4.90 Å². The zero-order chi connectivity index (χ0) is 16.7. The predicted molar refractivity (Wildman–Crippen MR) is 93.2 cm³/mol. The molecule has 0 amide bonds. The van der Waals surface area contributed by atoms with Crippen LogP contribution >= 0.6 is 0 Å². The summed E-state index contributed by atoms with van der Waals surface area (Å²) in [7, 11) is -3.65. The highest BCUT2D eigenvalue weighted by Crippen LogP contribution is 2.16. The molecule has 118 valence electrons. The van der Waals surface area contributed by atoms with Crippen molar-refractivity contribution < 1.29 is 8.42 Å². The molecule has 0 heterocycles. The smallest absolute Gasteiger partial charge is 0.224 e. The van der Waals surface area contributed by atoms with E-state index in [9.17, 15) is 8.42 Å². The van der Waals surface area contributed by atoms with Crippen molar-refractivity contribution in [1.29, 1.82) is 0 Å². The lowest BCUT2D eigenvalue weighted by molar-refractivity contribution is 0.514. The first kappa shape index (κ1) is 16.9. The van der Waals surface area contributed by atoms with Crippen LogP contribution in [-0.2, 0) is 10.0 Å². The van der Waals surface area contributed by atoms with Crippen LogP contribution < -0.4 is 0 Å². The predicted octanol–water partition coefficient (Wildman–Crippen LogP) is 3.57. The largest absolute Gasteiger partial charge is 0.270 e. The molecular formula is C19H19NO2S. The summed E-state index contributed by atoms with van der Waals surface area (Å²) >= 11 is 0. The molecule has 0 N–H and O–H groups in total. The highest BCUT2D eigenvalue weighted by atomic mass is 32.2. The van der Waals surface area contributed by atoms with Crippen molar-refractivity contribution >= 4 is 10.0 Å². The van der Waals surface area contributed by atoms with E-state index in [1.54, 1.807) is 30.3 Å². The fourth-order valence-electron chi connectivity index (χ4n) is 1.93. The minimum atomic E-state index is -3.65. The van der Waals surface area contributed by atoms with Crippen molar-refractivity contribution in [3.63, 3.8) is 0 Å². The van der Waals surface area contributed by atoms with Gasteiger partial charge in [0, 0.05) is 18.2 Å². The molecule has 0 aromatic heterocycles. The zero-order valence-corrected chi connectivity index (χ0v) is 13.9. The monoisotopic (exact) mass is 325 g/mol. The van der Waals surface area contributed by atoms with Crippen LogP contribution in [0.4, 0.5) is 0 Å². The molecule has 0 spiro atoms. The average molecular weight is 325 g/mol. The summed E-state index contributed by atoms with van der Waals surface area (Å²) < 4.78 is 26.7. The maximum atomic E-state index is 12.8. The van der Waals surface area contributed by atoms with Crippen LogP contribution in [-0.4, -0.2) is 19.3 Å². The lowest BCUT2D eigenvalue weighted by atomic mass is 10.2. The fourth-order valence-corrected chi connectivity index (χ4v) is 3.18. The van der Waals surface area contributed by atoms with E-state index >= 15 is 0 Å². The van der Waals surface area contributed by atoms with Crippen LogP contribution in [0, 0.1) is 18.9 Å². The number of aryl methyl sites for hydroxylation is 1. The van der Waals surface area contributed by atoms with Gasteiger partial charge in [-0.2, -0.15) is 0 Å². The molecule has 0 fully saturated rings. The van der Waals surface area contributed by atoms with Gasteiger partial charge >= 0.3 is 0 Å². The second kappa shape index (κ2) is 7.66. The molecule has 0 unspecified atom stereocenters. The number of nitrogens with zero attached hydrogens (tertiary/aromatic N) is 1. The molecule has 0 atom stereocenters. The average Bonchev–Trinajstić information content (AvgIpc) is 2.56. The number of sulfonamides is 1. The van der Waals surface area contributed by atoms with Crippen molar-refractivity contribution in [3.8, 4) is 12.0 Å². The van der Waals surface area contributed by atoms with Crippen molar-refractivity contribution in [2.45, 2.75) is 18.2 Å². The fraction of sp³-hybridized carbons (Fsp3) is 0.158. The number of hydrogen-bond acceptors (Lipinski definition) is 2. The van der Waals surface area contributed by atoms with Gasteiger partial charge < -0.3 is 0 Å². The Hall–Kier alpha value is -2.51. The number of hydrogen-bond donors (Lipinski definition) is 0. The van der Waals surface area contributed by atoms with Crippen molar-refractivity contribution in [2.75, 3.05) is 6.54 Å². The van der Waals surface area contributed by atoms with Gasteiger partial charge in [0.15, 0.2) is 0 Å². The molecule has 0 saturated heterocycles. The van der Waals surface area contributed by atoms with Gasteiger partial charge in [-0.05, 0) is 43.5 Å². The summed E-state index contributed by atoms with van der Waals surface area (Å²) in [5.41, 5.74) is 1.78. The Labute approximate surface area is 138 Å². The Morgan fingerprint density at radius 3 is 2.35 bits per heavy atom. The molecule has 2 rings (SSSR count). The van der Waals surface area contributed by atoms with E-state index in [4.69, 9.17) is 0 Å². The summed E-state index contributed by atoms with van der Waals surface area (Å²) in [5.74, 6) is 2.90. The summed E-state index contributed by atoms with van der Waals surface area (Å²) in [5, 5.41) is 0. The summed E-state index contributed by atoms with van der Waals surface area (Å²) in [6.07, 6.45) is 2.22. The minimum Gasteiger partial charge on any atom is -0.224 e. The van der Waals surface area contributed by atoms with Crippen LogP contribution in [0.1, 0.15) is 17.5 Å². The second-order valence-electron chi connectivity index (χ2n) is 5.07. The SMILES string of the molecule is C=CCCN(C#Cc1ccccc1)S(=O)(=O)c1ccc(C)cc1. The molecule has 3 nitrogen and oxygen atoms in total. The first-order valence-corrected chi connectivity index (χ1v) is 8.75. The Morgan fingerprint density at radius 1 is 1.09 bits per heavy atom. The third kappa shape index (κ3) is 4.48. The molecule has 2 aromatic carbocycles. The minimum absolute atomic E-state index is 0.245. The topological polar surface area (TPSA) is 37.4 Å². The third-order valence-corrected chi connectivity index (χ3v) is 4.97. The first-order chi connectivity index (χ1) is 11.0. The highest BCUT2D eigenvalue weighted by Gasteiger charge is 2.21. The van der Waals surface area contributed by atoms with Gasteiger partial charge in [-0.3, -0.25) is 0 Å². The van der Waals surface area contributed by atoms with Gasteiger partial charge in [0.25, 0.3) is 10.0 Å². The Morgan fingerprint density at radius 2 is 1.74 bits per heavy atom. The van der Waals surface area contributed by atoms with E-state index in [0.29, 0.717) is 6.42 Å². The van der Waals surface area contributed by atoms with E-state index < -0.39 is 10.0 Å². The molecular weight excluding hydrogens is 306 g/mol. The molecule has 0 aliphatic carbocycles. The van der Waals surface area contributed by atoms with Gasteiger partial charge in [-0.15, -0.1) is 6.58 Å². The highest BCUT2D eigenvalue weighted by molar-refractivity contribution is 7.89. The maximum Gasteiger partial charge on any atom is 0.270 e. The number of rotatable bonds is 5. The van der Waals surface area contributed by atoms with E-state index in [1.807, 2.05) is 37.3 Å². The molecule has 0 bridgehead atoms. The maximum absolute atomic E-state index is 12.8. The van der Waals surface area contributed by atoms with Gasteiger partial charge in [0.1, 0.15) is 0 Å². The molecule has 0 radical (unpaired) electrons. The Bertz CT molecular complexity index is 813. The lowest BCUT2D eigenvalue weighted by Crippen LogP contribution is -2.27. The van der Waals surface area contributed by atoms with E-state index in [-0.39, 0.29) is 11.4 Å². The van der Waals surface area contributed by atoms with Crippen molar-refractivity contribution in [1.82, 2.24) is 4.31 Å². The van der Waals surface area contributed by atoms with Crippen molar-refractivity contribution in [3.05, 3.63) is 78.4 Å². The van der Waals surface area contributed by atoms with E-state index in [2.05, 4.69) is 18.5 Å². The van der Waals surface area contributed by atoms with Crippen LogP contribution in [0.25, 0.3) is 0 Å². The summed E-state index contributed by atoms with van der Waals surface area (Å²) in [6.45, 7) is 5.84. The summed E-state index contributed by atoms with van der Waals surface area (Å²) in [4.78, 5) is 0.245. The lowest BCUT2D eigenvalue weighted by Gasteiger charge is -2.17. The molecule has 0 aliphatic heterocycles. The van der Waals surface area contributed by atoms with Crippen LogP contribution in [0.3, 0.4) is 0 Å². The normalized spacial score (nSPS) is 10.5. The molecule has 0 saturated carbocycles.